The smallest absolute Gasteiger partial charge is 0.652 e. The van der Waals surface area contributed by atoms with Gasteiger partial charge in [0, 0.05) is 0 Å². The van der Waals surface area contributed by atoms with Gasteiger partial charge in [0.15, 0.2) is 0 Å². The van der Waals surface area contributed by atoms with Gasteiger partial charge in [-0.3, -0.25) is 0 Å². The van der Waals surface area contributed by atoms with Crippen molar-refractivity contribution in [3.8, 4) is 0 Å². The van der Waals surface area contributed by atoms with Crippen molar-refractivity contribution >= 4 is 6.16 Å². The van der Waals surface area contributed by atoms with Gasteiger partial charge in [0.05, 0.1) is 0 Å². The Hall–Kier alpha value is 0.470. The summed E-state index contributed by atoms with van der Waals surface area (Å²) in [5.41, 5.74) is 0. The molecule has 23 nitrogen and oxygen atoms in total. The van der Waals surface area contributed by atoms with E-state index in [1.54, 1.807) is 0 Å². The van der Waals surface area contributed by atoms with Crippen molar-refractivity contribution in [2.75, 3.05) is 0 Å². The molecular weight excluding hydrogens is 426 g/mol. The first-order chi connectivity index (χ1) is 1.73. The van der Waals surface area contributed by atoms with E-state index in [9.17, 15) is 0 Å². The molecule has 0 rings (SSSR count). The zero-order valence-electron chi connectivity index (χ0n) is 13.7. The number of rotatable bonds is 0. The number of hydrogen-bond acceptors (Lipinski definition) is 3. The van der Waals surface area contributed by atoms with Gasteiger partial charge >= 0.3 is 59.1 Å². The second kappa shape index (κ2) is 1270. The number of hydrogen-bond donors (Lipinski definition) is 0. The Kier molecular flexibility index (Phi) is 69500. The van der Waals surface area contributed by atoms with E-state index < -0.39 is 6.16 Å². The molecule has 0 fully saturated rings. The zero-order chi connectivity index (χ0) is 3.58. The van der Waals surface area contributed by atoms with Crippen LogP contribution in [0.5, 0.6) is 0 Å². The van der Waals surface area contributed by atoms with Crippen molar-refractivity contribution in [3.63, 3.8) is 0 Å². The molecule has 25 heteroatoms. The summed E-state index contributed by atoms with van der Waals surface area (Å²) < 4.78 is 0. The largest absolute Gasteiger partial charge is 1.00 e. The fourth-order valence-corrected chi connectivity index (χ4v) is 0. The van der Waals surface area contributed by atoms with Crippen LogP contribution in [0.25, 0.3) is 0 Å². The Bertz CT molecular complexity index is 39.2. The van der Waals surface area contributed by atoms with Crippen LogP contribution in [0.1, 0.15) is 0 Å². The van der Waals surface area contributed by atoms with Crippen molar-refractivity contribution in [1.82, 2.24) is 0 Å². The second-order valence-electron chi connectivity index (χ2n) is 0.250. The number of carbonyl (C=O) groups is 1. The van der Waals surface area contributed by atoms with Gasteiger partial charge in [-0.2, -0.15) is 0 Å². The van der Waals surface area contributed by atoms with Crippen LogP contribution in [0.3, 0.4) is 0 Å². The molecule has 40 N–H and O–H groups in total. The maximum atomic E-state index is 8.33. The molecule has 0 bridgehead atoms. The van der Waals surface area contributed by atoms with E-state index in [-0.39, 0.29) is 169 Å². The minimum Gasteiger partial charge on any atom is -0.652 e. The molecule has 184 valence electrons. The van der Waals surface area contributed by atoms with Gasteiger partial charge in [0.2, 0.25) is 0 Å². The SMILES string of the molecule is O.O.O.O.O.O.O.O.O.O.O.O.O.O.O.O.O.O.O.O.O=C([O-])[O-].[Na+].[Na+]. The predicted molar refractivity (Wildman–Crippen MR) is 77.7 cm³/mol. The molecule has 0 atom stereocenters. The number of carboxylic acid groups (broad SMARTS) is 2. The third-order valence-corrected chi connectivity index (χ3v) is 0. The summed E-state index contributed by atoms with van der Waals surface area (Å²) in [6.45, 7) is 0. The van der Waals surface area contributed by atoms with Crippen LogP contribution < -0.4 is 69.3 Å². The molecule has 0 saturated heterocycles. The van der Waals surface area contributed by atoms with E-state index in [1.165, 1.54) is 0 Å². The molecule has 0 saturated carbocycles. The fourth-order valence-electron chi connectivity index (χ4n) is 0. The van der Waals surface area contributed by atoms with Crippen LogP contribution >= 0.6 is 0 Å². The average Bonchev–Trinajstić information content (AvgIpc) is 0.811. The molecule has 0 radical (unpaired) electrons. The van der Waals surface area contributed by atoms with Crippen molar-refractivity contribution in [1.29, 1.82) is 0 Å². The topological polar surface area (TPSA) is 693 Å². The van der Waals surface area contributed by atoms with Gasteiger partial charge < -0.3 is 125 Å². The Labute approximate surface area is 189 Å². The first-order valence-corrected chi connectivity index (χ1v) is 0.612. The fraction of sp³-hybridized carbons (Fsp3) is 0. The van der Waals surface area contributed by atoms with Crippen LogP contribution in [0.15, 0.2) is 0 Å². The van der Waals surface area contributed by atoms with Crippen LogP contribution in [0.4, 0.5) is 4.79 Å². The first-order valence-electron chi connectivity index (χ1n) is 0.612. The Morgan fingerprint density at radius 3 is 0.308 bits per heavy atom. The summed E-state index contributed by atoms with van der Waals surface area (Å²) in [6.07, 6.45) is -2.33. The number of carbonyl (C=O) groups excluding carboxylic acids is 1. The third-order valence-electron chi connectivity index (χ3n) is 0. The van der Waals surface area contributed by atoms with E-state index in [0.717, 1.165) is 0 Å². The average molecular weight is 466 g/mol. The zero-order valence-corrected chi connectivity index (χ0v) is 17.7. The Morgan fingerprint density at radius 2 is 0.308 bits per heavy atom. The van der Waals surface area contributed by atoms with Gasteiger partial charge in [-0.15, -0.1) is 0 Å². The Balaban J connectivity index is -0.000000000195. The van der Waals surface area contributed by atoms with Gasteiger partial charge in [0.25, 0.3) is 0 Å². The van der Waals surface area contributed by atoms with Crippen LogP contribution in [0, 0.1) is 0 Å². The molecular formula is CH40Na2O23. The molecule has 0 aliphatic rings. The van der Waals surface area contributed by atoms with E-state index in [2.05, 4.69) is 0 Å². The maximum absolute atomic E-state index is 8.33. The van der Waals surface area contributed by atoms with Gasteiger partial charge in [0.1, 0.15) is 0 Å². The normalized spacial score (nSPS) is 0.923. The van der Waals surface area contributed by atoms with Gasteiger partial charge in [-0.05, 0) is 6.16 Å². The van der Waals surface area contributed by atoms with Gasteiger partial charge in [-0.1, -0.05) is 0 Å². The molecule has 0 aromatic rings. The quantitative estimate of drug-likeness (QED) is 0.314. The van der Waals surface area contributed by atoms with Crippen molar-refractivity contribution in [3.05, 3.63) is 0 Å². The summed E-state index contributed by atoms with van der Waals surface area (Å²) in [6, 6.07) is 0. The molecule has 0 unspecified atom stereocenters. The van der Waals surface area contributed by atoms with E-state index in [1.807, 2.05) is 0 Å². The molecule has 0 aromatic heterocycles. The minimum absolute atomic E-state index is 0. The second-order valence-corrected chi connectivity index (χ2v) is 0.250. The van der Waals surface area contributed by atoms with E-state index in [0.29, 0.717) is 0 Å². The third kappa shape index (κ3) is 61000. The maximum Gasteiger partial charge on any atom is 1.00 e. The van der Waals surface area contributed by atoms with Crippen LogP contribution in [-0.2, 0) is 0 Å². The molecule has 0 spiro atoms. The summed E-state index contributed by atoms with van der Waals surface area (Å²) >= 11 is 0. The molecule has 0 heterocycles. The predicted octanol–water partition coefficient (Wildman–Crippen LogP) is -24.9. The van der Waals surface area contributed by atoms with Crippen molar-refractivity contribution < 1.29 is 184 Å². The summed E-state index contributed by atoms with van der Waals surface area (Å²) in [5, 5.41) is 16.7. The van der Waals surface area contributed by atoms with Crippen LogP contribution in [0.2, 0.25) is 0 Å². The first kappa shape index (κ1) is 1430. The van der Waals surface area contributed by atoms with Crippen molar-refractivity contribution in [2.24, 2.45) is 0 Å². The Morgan fingerprint density at radius 1 is 0.308 bits per heavy atom. The molecule has 0 aliphatic carbocycles. The van der Waals surface area contributed by atoms with E-state index in [4.69, 9.17) is 15.0 Å². The van der Waals surface area contributed by atoms with Crippen molar-refractivity contribution in [2.45, 2.75) is 0 Å². The summed E-state index contributed by atoms with van der Waals surface area (Å²) in [5.74, 6) is 0. The summed E-state index contributed by atoms with van der Waals surface area (Å²) in [4.78, 5) is 8.33. The van der Waals surface area contributed by atoms with Crippen LogP contribution in [-0.4, -0.2) is 116 Å². The standard InChI is InChI=1S/CH2O3.2Na.20H2O/c2-1(3)4;;;;;;;;;;;;;;;;;;;;;;/h(H2,2,3,4);;;20*1H2/q;2*+1;;;;;;;;;;;;;;;;;;;;/p-2. The minimum atomic E-state index is -2.33. The molecule has 0 aliphatic heterocycles. The molecule has 26 heavy (non-hydrogen) atoms. The molecule has 0 aromatic carbocycles. The van der Waals surface area contributed by atoms with E-state index >= 15 is 0 Å². The summed E-state index contributed by atoms with van der Waals surface area (Å²) in [7, 11) is 0. The molecule has 0 amide bonds. The monoisotopic (exact) mass is 466 g/mol. The van der Waals surface area contributed by atoms with Gasteiger partial charge in [-0.25, -0.2) is 0 Å².